The van der Waals surface area contributed by atoms with Gasteiger partial charge >= 0.3 is 6.18 Å². The zero-order valence-electron chi connectivity index (χ0n) is 16.2. The number of halogens is 4. The van der Waals surface area contributed by atoms with E-state index in [9.17, 15) is 26.4 Å². The summed E-state index contributed by atoms with van der Waals surface area (Å²) in [6.07, 6.45) is -4.46. The summed E-state index contributed by atoms with van der Waals surface area (Å²) >= 11 is 5.78. The Hall–Kier alpha value is -3.24. The lowest BCUT2D eigenvalue weighted by molar-refractivity contribution is -0.137. The lowest BCUT2D eigenvalue weighted by atomic mass is 10.2. The Bertz CT molecular complexity index is 1180. The molecule has 1 amide bonds. The smallest absolute Gasteiger partial charge is 0.416 e. The summed E-state index contributed by atoms with van der Waals surface area (Å²) in [5.41, 5.74) is -0.302. The van der Waals surface area contributed by atoms with Crippen LogP contribution in [0.2, 0.25) is 5.02 Å². The van der Waals surface area contributed by atoms with E-state index in [1.807, 2.05) is 0 Å². The molecular formula is C21H16ClF3N2O4S. The second-order valence-electron chi connectivity index (χ2n) is 6.50. The molecule has 0 fully saturated rings. The highest BCUT2D eigenvalue weighted by Gasteiger charge is 2.30. The average molecular weight is 485 g/mol. The number of carbonyl (C=O) groups excluding carboxylic acids is 1. The maximum absolute atomic E-state index is 12.6. The first-order chi connectivity index (χ1) is 15.0. The van der Waals surface area contributed by atoms with Gasteiger partial charge in [-0.25, -0.2) is 8.42 Å². The van der Waals surface area contributed by atoms with E-state index in [4.69, 9.17) is 16.3 Å². The minimum absolute atomic E-state index is 0.0194. The van der Waals surface area contributed by atoms with Crippen molar-refractivity contribution in [2.75, 3.05) is 16.6 Å². The van der Waals surface area contributed by atoms with Gasteiger partial charge in [-0.05, 0) is 72.8 Å². The van der Waals surface area contributed by atoms with E-state index < -0.39 is 34.3 Å². The third-order valence-electron chi connectivity index (χ3n) is 4.10. The summed E-state index contributed by atoms with van der Waals surface area (Å²) in [5, 5.41) is 2.88. The summed E-state index contributed by atoms with van der Waals surface area (Å²) in [7, 11) is -3.84. The number of alkyl halides is 3. The van der Waals surface area contributed by atoms with Crippen molar-refractivity contribution in [3.8, 4) is 5.75 Å². The van der Waals surface area contributed by atoms with Gasteiger partial charge in [0.25, 0.3) is 15.9 Å². The molecule has 0 aliphatic rings. The zero-order valence-corrected chi connectivity index (χ0v) is 17.8. The predicted molar refractivity (Wildman–Crippen MR) is 114 cm³/mol. The van der Waals surface area contributed by atoms with Crippen LogP contribution in [0.5, 0.6) is 5.75 Å². The summed E-state index contributed by atoms with van der Waals surface area (Å²) in [6.45, 7) is -0.420. The fourth-order valence-corrected chi connectivity index (χ4v) is 3.72. The Kier molecular flexibility index (Phi) is 6.95. The highest BCUT2D eigenvalue weighted by atomic mass is 35.5. The van der Waals surface area contributed by atoms with Gasteiger partial charge < -0.3 is 10.1 Å². The molecule has 0 aliphatic carbocycles. The third-order valence-corrected chi connectivity index (χ3v) is 5.75. The van der Waals surface area contributed by atoms with E-state index in [0.717, 1.165) is 24.3 Å². The van der Waals surface area contributed by atoms with Crippen LogP contribution in [0.1, 0.15) is 5.56 Å². The van der Waals surface area contributed by atoms with E-state index in [0.29, 0.717) is 10.7 Å². The molecule has 3 aromatic carbocycles. The largest absolute Gasteiger partial charge is 0.484 e. The molecule has 3 aromatic rings. The Morgan fingerprint density at radius 1 is 0.875 bits per heavy atom. The molecule has 2 N–H and O–H groups in total. The van der Waals surface area contributed by atoms with Gasteiger partial charge in [0.05, 0.1) is 10.5 Å². The first kappa shape index (κ1) is 23.4. The topological polar surface area (TPSA) is 84.5 Å². The fraction of sp³-hybridized carbons (Fsp3) is 0.0952. The number of carbonyl (C=O) groups is 1. The van der Waals surface area contributed by atoms with Gasteiger partial charge in [-0.15, -0.1) is 0 Å². The number of amides is 1. The van der Waals surface area contributed by atoms with E-state index in [1.54, 1.807) is 12.1 Å². The number of rotatable bonds is 7. The lowest BCUT2D eigenvalue weighted by Crippen LogP contribution is -2.20. The average Bonchev–Trinajstić information content (AvgIpc) is 2.74. The Morgan fingerprint density at radius 2 is 1.44 bits per heavy atom. The van der Waals surface area contributed by atoms with Crippen LogP contribution >= 0.6 is 11.6 Å². The van der Waals surface area contributed by atoms with Gasteiger partial charge in [0.1, 0.15) is 5.75 Å². The summed E-state index contributed by atoms with van der Waals surface area (Å²) in [4.78, 5) is 11.9. The molecule has 0 unspecified atom stereocenters. The van der Waals surface area contributed by atoms with Crippen LogP contribution in [0.15, 0.2) is 77.7 Å². The van der Waals surface area contributed by atoms with Crippen LogP contribution in [-0.4, -0.2) is 20.9 Å². The molecule has 168 valence electrons. The molecular weight excluding hydrogens is 469 g/mol. The third kappa shape index (κ3) is 6.38. The van der Waals surface area contributed by atoms with Crippen molar-refractivity contribution < 1.29 is 31.1 Å². The molecule has 0 aromatic heterocycles. The molecule has 0 spiro atoms. The van der Waals surface area contributed by atoms with E-state index in [2.05, 4.69) is 10.0 Å². The summed E-state index contributed by atoms with van der Waals surface area (Å²) in [6, 6.07) is 15.5. The maximum atomic E-state index is 12.6. The standard InChI is InChI=1S/C21H16ClF3N2O4S/c22-15-3-7-17(8-4-15)27-32(29,30)19-11-9-18(10-12-19)31-13-20(28)26-16-5-1-14(2-6-16)21(23,24)25/h1-12,27H,13H2,(H,26,28). The highest BCUT2D eigenvalue weighted by molar-refractivity contribution is 7.92. The van der Waals surface area contributed by atoms with Crippen molar-refractivity contribution in [1.82, 2.24) is 0 Å². The van der Waals surface area contributed by atoms with Crippen molar-refractivity contribution in [3.05, 3.63) is 83.4 Å². The molecule has 0 saturated heterocycles. The van der Waals surface area contributed by atoms with E-state index in [-0.39, 0.29) is 16.3 Å². The van der Waals surface area contributed by atoms with Crippen molar-refractivity contribution >= 4 is 38.9 Å². The van der Waals surface area contributed by atoms with Crippen molar-refractivity contribution in [1.29, 1.82) is 0 Å². The Labute approximate surface area is 187 Å². The minimum atomic E-state index is -4.46. The van der Waals surface area contributed by atoms with Crippen LogP contribution in [0.25, 0.3) is 0 Å². The predicted octanol–water partition coefficient (Wildman–Crippen LogP) is 5.18. The monoisotopic (exact) mass is 484 g/mol. The summed E-state index contributed by atoms with van der Waals surface area (Å²) < 4.78 is 70.3. The lowest BCUT2D eigenvalue weighted by Gasteiger charge is -2.11. The van der Waals surface area contributed by atoms with Crippen LogP contribution in [0, 0.1) is 0 Å². The van der Waals surface area contributed by atoms with Crippen molar-refractivity contribution in [2.45, 2.75) is 11.1 Å². The molecule has 0 bridgehead atoms. The van der Waals surface area contributed by atoms with Crippen molar-refractivity contribution in [3.63, 3.8) is 0 Å². The number of nitrogens with one attached hydrogen (secondary N) is 2. The Balaban J connectivity index is 1.55. The van der Waals surface area contributed by atoms with Crippen LogP contribution < -0.4 is 14.8 Å². The molecule has 0 saturated carbocycles. The van der Waals surface area contributed by atoms with Gasteiger partial charge in [-0.2, -0.15) is 13.2 Å². The van der Waals surface area contributed by atoms with Gasteiger partial charge in [-0.3, -0.25) is 9.52 Å². The van der Waals surface area contributed by atoms with Crippen LogP contribution in [-0.2, 0) is 21.0 Å². The molecule has 0 heterocycles. The number of anilines is 2. The van der Waals surface area contributed by atoms with Gasteiger partial charge in [0.15, 0.2) is 6.61 Å². The molecule has 0 radical (unpaired) electrons. The number of benzene rings is 3. The van der Waals surface area contributed by atoms with Crippen LogP contribution in [0.3, 0.4) is 0 Å². The van der Waals surface area contributed by atoms with Gasteiger partial charge in [0, 0.05) is 16.4 Å². The SMILES string of the molecule is O=C(COc1ccc(S(=O)(=O)Nc2ccc(Cl)cc2)cc1)Nc1ccc(C(F)(F)F)cc1. The number of hydrogen-bond donors (Lipinski definition) is 2. The number of hydrogen-bond acceptors (Lipinski definition) is 4. The molecule has 6 nitrogen and oxygen atoms in total. The second kappa shape index (κ2) is 9.49. The maximum Gasteiger partial charge on any atom is 0.416 e. The molecule has 3 rings (SSSR count). The first-order valence-electron chi connectivity index (χ1n) is 9.01. The molecule has 11 heteroatoms. The normalized spacial score (nSPS) is 11.6. The Morgan fingerprint density at radius 3 is 2.00 bits per heavy atom. The fourth-order valence-electron chi connectivity index (χ4n) is 2.54. The molecule has 0 aliphatic heterocycles. The molecule has 0 atom stereocenters. The van der Waals surface area contributed by atoms with E-state index in [1.165, 1.54) is 36.4 Å². The summed E-state index contributed by atoms with van der Waals surface area (Å²) in [5.74, 6) is -0.358. The number of ether oxygens (including phenoxy) is 1. The van der Waals surface area contributed by atoms with Gasteiger partial charge in [0.2, 0.25) is 0 Å². The highest BCUT2D eigenvalue weighted by Crippen LogP contribution is 2.29. The van der Waals surface area contributed by atoms with Gasteiger partial charge in [-0.1, -0.05) is 11.6 Å². The van der Waals surface area contributed by atoms with Crippen LogP contribution in [0.4, 0.5) is 24.5 Å². The van der Waals surface area contributed by atoms with Crippen molar-refractivity contribution in [2.24, 2.45) is 0 Å². The first-order valence-corrected chi connectivity index (χ1v) is 10.9. The van der Waals surface area contributed by atoms with E-state index >= 15 is 0 Å². The minimum Gasteiger partial charge on any atom is -0.484 e. The quantitative estimate of drug-likeness (QED) is 0.484. The number of sulfonamides is 1. The zero-order chi connectivity index (χ0) is 23.4. The second-order valence-corrected chi connectivity index (χ2v) is 8.61. The molecule has 32 heavy (non-hydrogen) atoms.